The summed E-state index contributed by atoms with van der Waals surface area (Å²) in [4.78, 5) is 27.2. The van der Waals surface area contributed by atoms with E-state index in [0.717, 1.165) is 48.5 Å². The third-order valence-electron chi connectivity index (χ3n) is 9.23. The quantitative estimate of drug-likeness (QED) is 0.483. The van der Waals surface area contributed by atoms with Crippen molar-refractivity contribution >= 4 is 28.1 Å². The van der Waals surface area contributed by atoms with Gasteiger partial charge in [0, 0.05) is 92.5 Å². The van der Waals surface area contributed by atoms with E-state index >= 15 is 0 Å². The molecule has 3 N–H and O–H groups in total. The number of rotatable bonds is 5. The summed E-state index contributed by atoms with van der Waals surface area (Å²) in [6.07, 6.45) is 7.95. The van der Waals surface area contributed by atoms with Crippen LogP contribution in [-0.4, -0.2) is 72.4 Å². The van der Waals surface area contributed by atoms with Gasteiger partial charge in [-0.1, -0.05) is 19.1 Å². The number of nitrogens with two attached hydrogens (primary N) is 1. The van der Waals surface area contributed by atoms with Crippen molar-refractivity contribution in [1.82, 2.24) is 9.97 Å². The van der Waals surface area contributed by atoms with Crippen LogP contribution < -0.4 is 15.5 Å². The molecule has 3 aromatic rings. The number of benzene rings is 1. The highest BCUT2D eigenvalue weighted by atomic mass is 16.5. The first-order chi connectivity index (χ1) is 18.9. The molecule has 0 aliphatic carbocycles. The Balaban J connectivity index is 1.18. The number of aromatic nitrogens is 2. The first-order valence-corrected chi connectivity index (χ1v) is 14.3. The van der Waals surface area contributed by atoms with Gasteiger partial charge in [-0.15, -0.1) is 0 Å². The Hall–Kier alpha value is -3.07. The summed E-state index contributed by atoms with van der Waals surface area (Å²) in [5.74, 6) is 0.00862. The molecule has 0 radical (unpaired) electrons. The van der Waals surface area contributed by atoms with Gasteiger partial charge in [0.05, 0.1) is 11.6 Å². The van der Waals surface area contributed by atoms with Gasteiger partial charge in [-0.2, -0.15) is 0 Å². The molecule has 0 amide bonds. The Morgan fingerprint density at radius 3 is 2.62 bits per heavy atom. The summed E-state index contributed by atoms with van der Waals surface area (Å²) in [6.45, 7) is 7.11. The van der Waals surface area contributed by atoms with Crippen LogP contribution in [0, 0.1) is 11.3 Å². The number of aliphatic hydroxyl groups excluding tert-OH is 1. The van der Waals surface area contributed by atoms with Crippen molar-refractivity contribution in [2.75, 3.05) is 49.2 Å². The van der Waals surface area contributed by atoms with Crippen LogP contribution in [0.3, 0.4) is 0 Å². The van der Waals surface area contributed by atoms with Crippen LogP contribution in [0.25, 0.3) is 10.9 Å². The van der Waals surface area contributed by atoms with Gasteiger partial charge < -0.3 is 25.4 Å². The lowest BCUT2D eigenvalue weighted by atomic mass is 9.72. The monoisotopic (exact) mass is 529 g/mol. The predicted octanol–water partition coefficient (Wildman–Crippen LogP) is 3.60. The standard InChI is InChI=1S/C31H39N5O3/c1-21-19-36(20-25(32)30(21)38)28-6-11-33-18-23(28)16-29(37)26-5-3-22-2-4-24(17-27(22)34-26)35-12-7-31(8-13-35)9-14-39-15-10-31/h2-6,11,17-18,21,25,30,38H,7-10,12-16,19-20,32H2,1H3/t21-,25+,30+/m0/s1. The number of fused-ring (bicyclic) bond motifs is 1. The number of piperidine rings is 2. The minimum absolute atomic E-state index is 0.0367. The van der Waals surface area contributed by atoms with Crippen molar-refractivity contribution in [2.45, 2.75) is 51.2 Å². The number of anilines is 2. The molecule has 8 nitrogen and oxygen atoms in total. The second-order valence-corrected chi connectivity index (χ2v) is 11.8. The maximum atomic E-state index is 13.4. The number of carbonyl (C=O) groups excluding carboxylic acids is 1. The number of ketones is 1. The molecule has 0 unspecified atom stereocenters. The minimum atomic E-state index is -0.521. The number of hydrogen-bond donors (Lipinski definition) is 2. The van der Waals surface area contributed by atoms with Crippen molar-refractivity contribution in [3.8, 4) is 0 Å². The number of carbonyl (C=O) groups is 1. The molecule has 206 valence electrons. The van der Waals surface area contributed by atoms with E-state index in [1.165, 1.54) is 31.4 Å². The summed E-state index contributed by atoms with van der Waals surface area (Å²) < 4.78 is 5.60. The molecule has 1 aromatic carbocycles. The van der Waals surface area contributed by atoms with Crippen molar-refractivity contribution < 1.29 is 14.6 Å². The van der Waals surface area contributed by atoms with Crippen molar-refractivity contribution in [2.24, 2.45) is 17.1 Å². The SMILES string of the molecule is C[C@H]1CN(c2ccncc2CC(=O)c2ccc3ccc(N4CCC5(CCOCC5)CC4)cc3n2)C[C@@H](N)[C@@H]1O. The molecule has 3 aliphatic rings. The summed E-state index contributed by atoms with van der Waals surface area (Å²) in [5.41, 5.74) is 10.9. The molecule has 3 saturated heterocycles. The lowest BCUT2D eigenvalue weighted by Crippen LogP contribution is -2.55. The molecule has 0 saturated carbocycles. The molecule has 39 heavy (non-hydrogen) atoms. The maximum Gasteiger partial charge on any atom is 0.185 e. The van der Waals surface area contributed by atoms with Crippen LogP contribution >= 0.6 is 0 Å². The number of nitrogens with zero attached hydrogens (tertiary/aromatic N) is 4. The van der Waals surface area contributed by atoms with Gasteiger partial charge in [-0.25, -0.2) is 4.98 Å². The lowest BCUT2D eigenvalue weighted by Gasteiger charge is -2.44. The van der Waals surface area contributed by atoms with Gasteiger partial charge in [0.25, 0.3) is 0 Å². The number of ether oxygens (including phenoxy) is 1. The highest BCUT2D eigenvalue weighted by Gasteiger charge is 2.36. The zero-order valence-corrected chi connectivity index (χ0v) is 22.8. The fourth-order valence-corrected chi connectivity index (χ4v) is 6.64. The topological polar surface area (TPSA) is 105 Å². The molecule has 3 fully saturated rings. The average Bonchev–Trinajstić information content (AvgIpc) is 2.96. The van der Waals surface area contributed by atoms with Crippen LogP contribution in [0.1, 0.15) is 48.7 Å². The van der Waals surface area contributed by atoms with E-state index in [-0.39, 0.29) is 24.2 Å². The van der Waals surface area contributed by atoms with Crippen molar-refractivity contribution in [1.29, 1.82) is 0 Å². The van der Waals surface area contributed by atoms with Gasteiger partial charge in [0.1, 0.15) is 5.69 Å². The molecular formula is C31H39N5O3. The lowest BCUT2D eigenvalue weighted by molar-refractivity contribution is 0.00212. The molecule has 8 heteroatoms. The largest absolute Gasteiger partial charge is 0.391 e. The molecule has 5 heterocycles. The van der Waals surface area contributed by atoms with E-state index in [1.807, 2.05) is 25.1 Å². The third-order valence-corrected chi connectivity index (χ3v) is 9.23. The van der Waals surface area contributed by atoms with Crippen molar-refractivity contribution in [3.05, 3.63) is 60.0 Å². The number of Topliss-reactive ketones (excluding diaryl/α,β-unsaturated/α-hetero) is 1. The molecular weight excluding hydrogens is 490 g/mol. The highest BCUT2D eigenvalue weighted by Crippen LogP contribution is 2.41. The zero-order chi connectivity index (χ0) is 27.0. The Morgan fingerprint density at radius 1 is 1.08 bits per heavy atom. The van der Waals surface area contributed by atoms with Crippen LogP contribution in [0.2, 0.25) is 0 Å². The van der Waals surface area contributed by atoms with Crippen LogP contribution in [-0.2, 0) is 11.2 Å². The smallest absolute Gasteiger partial charge is 0.185 e. The summed E-state index contributed by atoms with van der Waals surface area (Å²) in [5, 5.41) is 11.3. The molecule has 3 aliphatic heterocycles. The van der Waals surface area contributed by atoms with Gasteiger partial charge in [0.2, 0.25) is 0 Å². The fraction of sp³-hybridized carbons (Fsp3) is 0.516. The Bertz CT molecular complexity index is 1320. The van der Waals surface area contributed by atoms with E-state index in [9.17, 15) is 9.90 Å². The van der Waals surface area contributed by atoms with E-state index in [1.54, 1.807) is 12.4 Å². The normalized spacial score (nSPS) is 25.3. The number of aliphatic hydroxyl groups is 1. The first-order valence-electron chi connectivity index (χ1n) is 14.3. The Kier molecular flexibility index (Phi) is 7.27. The Labute approximate surface area is 230 Å². The fourth-order valence-electron chi connectivity index (χ4n) is 6.64. The minimum Gasteiger partial charge on any atom is -0.391 e. The van der Waals surface area contributed by atoms with Gasteiger partial charge in [0.15, 0.2) is 5.78 Å². The number of pyridine rings is 2. The molecule has 2 aromatic heterocycles. The van der Waals surface area contributed by atoms with Crippen molar-refractivity contribution in [3.63, 3.8) is 0 Å². The van der Waals surface area contributed by atoms with E-state index in [4.69, 9.17) is 15.5 Å². The highest BCUT2D eigenvalue weighted by molar-refractivity contribution is 5.98. The first kappa shape index (κ1) is 26.2. The van der Waals surface area contributed by atoms with Crippen LogP contribution in [0.15, 0.2) is 48.8 Å². The zero-order valence-electron chi connectivity index (χ0n) is 22.8. The van der Waals surface area contributed by atoms with E-state index < -0.39 is 6.10 Å². The van der Waals surface area contributed by atoms with E-state index in [0.29, 0.717) is 24.2 Å². The second kappa shape index (κ2) is 10.8. The third kappa shape index (κ3) is 5.38. The summed E-state index contributed by atoms with van der Waals surface area (Å²) >= 11 is 0. The average molecular weight is 530 g/mol. The van der Waals surface area contributed by atoms with Crippen LogP contribution in [0.5, 0.6) is 0 Å². The summed E-state index contributed by atoms with van der Waals surface area (Å²) in [6, 6.07) is 11.8. The maximum absolute atomic E-state index is 13.4. The molecule has 6 rings (SSSR count). The van der Waals surface area contributed by atoms with Gasteiger partial charge >= 0.3 is 0 Å². The van der Waals surface area contributed by atoms with Gasteiger partial charge in [-0.05, 0) is 55.4 Å². The Morgan fingerprint density at radius 2 is 1.85 bits per heavy atom. The molecule has 1 spiro atoms. The molecule has 0 bridgehead atoms. The second-order valence-electron chi connectivity index (χ2n) is 11.8. The molecule has 3 atom stereocenters. The van der Waals surface area contributed by atoms with Crippen LogP contribution in [0.4, 0.5) is 11.4 Å². The van der Waals surface area contributed by atoms with E-state index in [2.05, 4.69) is 33.0 Å². The number of hydrogen-bond acceptors (Lipinski definition) is 8. The predicted molar refractivity (Wildman–Crippen MR) is 153 cm³/mol. The summed E-state index contributed by atoms with van der Waals surface area (Å²) in [7, 11) is 0. The van der Waals surface area contributed by atoms with Gasteiger partial charge in [-0.3, -0.25) is 9.78 Å².